The number of amides is 1. The number of rotatable bonds is 11. The van der Waals surface area contributed by atoms with Crippen molar-refractivity contribution in [3.8, 4) is 16.9 Å². The minimum Gasteiger partial charge on any atom is -0.489 e. The first-order valence-electron chi connectivity index (χ1n) is 13.6. The summed E-state index contributed by atoms with van der Waals surface area (Å²) in [4.78, 5) is 23.6. The summed E-state index contributed by atoms with van der Waals surface area (Å²) in [6.45, 7) is 8.05. The Morgan fingerprint density at radius 2 is 1.82 bits per heavy atom. The fraction of sp³-hybridized carbons (Fsp3) is 0.375. The molecule has 212 valence electrons. The number of halogens is 1. The van der Waals surface area contributed by atoms with E-state index in [9.17, 15) is 14.7 Å². The molecule has 0 radical (unpaired) electrons. The zero-order valence-corrected chi connectivity index (χ0v) is 23.4. The lowest BCUT2D eigenvalue weighted by atomic mass is 9.97. The maximum Gasteiger partial charge on any atom is 0.408 e. The molecule has 7 nitrogen and oxygen atoms in total. The fourth-order valence-electron chi connectivity index (χ4n) is 4.40. The SMILES string of the molecule is CC(NC(=O)OC(C)(C)C)c1cccc(-c2cc(COc3ccccc3CC(=O)O)cc(NCC3CC3)c2)c1F. The van der Waals surface area contributed by atoms with E-state index >= 15 is 4.39 Å². The Morgan fingerprint density at radius 3 is 2.52 bits per heavy atom. The molecule has 1 unspecified atom stereocenters. The molecule has 1 fully saturated rings. The highest BCUT2D eigenvalue weighted by Crippen LogP contribution is 2.33. The number of alkyl carbamates (subject to hydrolysis) is 1. The van der Waals surface area contributed by atoms with Crippen molar-refractivity contribution in [2.24, 2.45) is 5.92 Å². The number of ether oxygens (including phenoxy) is 2. The summed E-state index contributed by atoms with van der Waals surface area (Å²) in [6, 6.07) is 17.3. The summed E-state index contributed by atoms with van der Waals surface area (Å²) in [5.74, 6) is -0.219. The Kier molecular flexibility index (Phi) is 8.97. The van der Waals surface area contributed by atoms with Crippen molar-refractivity contribution in [1.29, 1.82) is 0 Å². The van der Waals surface area contributed by atoms with Crippen molar-refractivity contribution >= 4 is 17.7 Å². The molecule has 40 heavy (non-hydrogen) atoms. The van der Waals surface area contributed by atoms with Crippen molar-refractivity contribution in [3.63, 3.8) is 0 Å². The van der Waals surface area contributed by atoms with Crippen LogP contribution in [0.5, 0.6) is 5.75 Å². The first-order valence-corrected chi connectivity index (χ1v) is 13.6. The molecule has 1 atom stereocenters. The molecule has 1 saturated carbocycles. The molecule has 0 heterocycles. The summed E-state index contributed by atoms with van der Waals surface area (Å²) in [6.07, 6.45) is 1.64. The van der Waals surface area contributed by atoms with E-state index in [1.54, 1.807) is 70.2 Å². The second-order valence-corrected chi connectivity index (χ2v) is 11.3. The third kappa shape index (κ3) is 8.21. The normalized spacial score (nSPS) is 13.8. The predicted octanol–water partition coefficient (Wildman–Crippen LogP) is 7.11. The minimum absolute atomic E-state index is 0.141. The molecule has 0 aliphatic heterocycles. The quantitative estimate of drug-likeness (QED) is 0.236. The highest BCUT2D eigenvalue weighted by atomic mass is 19.1. The average Bonchev–Trinajstić information content (AvgIpc) is 3.70. The van der Waals surface area contributed by atoms with E-state index in [1.807, 2.05) is 18.2 Å². The van der Waals surface area contributed by atoms with E-state index in [1.165, 1.54) is 12.8 Å². The molecule has 0 spiro atoms. The lowest BCUT2D eigenvalue weighted by Gasteiger charge is -2.22. The molecule has 8 heteroatoms. The number of carboxylic acids is 1. The van der Waals surface area contributed by atoms with Crippen LogP contribution in [-0.4, -0.2) is 29.3 Å². The van der Waals surface area contributed by atoms with Gasteiger partial charge in [-0.2, -0.15) is 0 Å². The molecule has 1 amide bonds. The van der Waals surface area contributed by atoms with Crippen LogP contribution in [0.15, 0.2) is 60.7 Å². The number of anilines is 1. The third-order valence-corrected chi connectivity index (χ3v) is 6.53. The summed E-state index contributed by atoms with van der Waals surface area (Å²) in [5, 5.41) is 15.4. The van der Waals surface area contributed by atoms with Gasteiger partial charge >= 0.3 is 12.1 Å². The Labute approximate surface area is 234 Å². The summed E-state index contributed by atoms with van der Waals surface area (Å²) in [7, 11) is 0. The average molecular weight is 549 g/mol. The first kappa shape index (κ1) is 28.9. The van der Waals surface area contributed by atoms with Crippen LogP contribution in [0.4, 0.5) is 14.9 Å². The van der Waals surface area contributed by atoms with E-state index in [4.69, 9.17) is 9.47 Å². The van der Waals surface area contributed by atoms with Gasteiger partial charge in [0.25, 0.3) is 0 Å². The zero-order chi connectivity index (χ0) is 28.9. The van der Waals surface area contributed by atoms with Gasteiger partial charge in [0.1, 0.15) is 23.8 Å². The minimum atomic E-state index is -0.935. The number of hydrogen-bond donors (Lipinski definition) is 3. The van der Waals surface area contributed by atoms with E-state index in [0.717, 1.165) is 17.8 Å². The topological polar surface area (TPSA) is 96.9 Å². The number of carboxylic acid groups (broad SMARTS) is 1. The van der Waals surface area contributed by atoms with Gasteiger partial charge in [-0.3, -0.25) is 4.79 Å². The van der Waals surface area contributed by atoms with Gasteiger partial charge in [-0.15, -0.1) is 0 Å². The van der Waals surface area contributed by atoms with Gasteiger partial charge in [-0.1, -0.05) is 36.4 Å². The van der Waals surface area contributed by atoms with E-state index in [2.05, 4.69) is 10.6 Å². The van der Waals surface area contributed by atoms with Crippen molar-refractivity contribution in [1.82, 2.24) is 5.32 Å². The molecular weight excluding hydrogens is 511 g/mol. The van der Waals surface area contributed by atoms with Gasteiger partial charge in [0.05, 0.1) is 12.5 Å². The monoisotopic (exact) mass is 548 g/mol. The molecule has 0 saturated heterocycles. The summed E-state index contributed by atoms with van der Waals surface area (Å²) >= 11 is 0. The molecule has 0 bridgehead atoms. The number of nitrogens with one attached hydrogen (secondary N) is 2. The highest BCUT2D eigenvalue weighted by Gasteiger charge is 2.23. The second kappa shape index (κ2) is 12.4. The second-order valence-electron chi connectivity index (χ2n) is 11.3. The Hall–Kier alpha value is -4.07. The smallest absolute Gasteiger partial charge is 0.408 e. The van der Waals surface area contributed by atoms with E-state index in [0.29, 0.717) is 33.9 Å². The highest BCUT2D eigenvalue weighted by molar-refractivity contribution is 5.72. The van der Waals surface area contributed by atoms with Crippen LogP contribution in [0.2, 0.25) is 0 Å². The molecule has 3 aromatic carbocycles. The van der Waals surface area contributed by atoms with Crippen molar-refractivity contribution in [3.05, 3.63) is 83.2 Å². The fourth-order valence-corrected chi connectivity index (χ4v) is 4.40. The van der Waals surface area contributed by atoms with E-state index < -0.39 is 29.5 Å². The number of carbonyl (C=O) groups excluding carboxylic acids is 1. The molecule has 4 rings (SSSR count). The van der Waals surface area contributed by atoms with E-state index in [-0.39, 0.29) is 13.0 Å². The molecule has 0 aromatic heterocycles. The van der Waals surface area contributed by atoms with Gasteiger partial charge < -0.3 is 25.2 Å². The number of carbonyl (C=O) groups is 2. The van der Waals surface area contributed by atoms with Crippen LogP contribution in [0.1, 0.15) is 63.3 Å². The van der Waals surface area contributed by atoms with Gasteiger partial charge in [0.15, 0.2) is 0 Å². The Morgan fingerprint density at radius 1 is 1.07 bits per heavy atom. The summed E-state index contributed by atoms with van der Waals surface area (Å²) in [5.41, 5.74) is 3.01. The number of para-hydroxylation sites is 1. The third-order valence-electron chi connectivity index (χ3n) is 6.53. The molecule has 1 aliphatic rings. The van der Waals surface area contributed by atoms with Crippen molar-refractivity contribution in [2.45, 2.75) is 65.2 Å². The van der Waals surface area contributed by atoms with Crippen LogP contribution in [0, 0.1) is 11.7 Å². The Bertz CT molecular complexity index is 1360. The number of benzene rings is 3. The largest absolute Gasteiger partial charge is 0.489 e. The van der Waals surface area contributed by atoms with Crippen LogP contribution >= 0.6 is 0 Å². The maximum atomic E-state index is 15.9. The molecule has 3 aromatic rings. The van der Waals surface area contributed by atoms with Gasteiger partial charge in [0.2, 0.25) is 0 Å². The molecule has 3 N–H and O–H groups in total. The summed E-state index contributed by atoms with van der Waals surface area (Å²) < 4.78 is 27.3. The lowest BCUT2D eigenvalue weighted by Crippen LogP contribution is -2.34. The zero-order valence-electron chi connectivity index (χ0n) is 23.4. The van der Waals surface area contributed by atoms with Crippen LogP contribution in [-0.2, 0) is 22.6 Å². The van der Waals surface area contributed by atoms with Crippen molar-refractivity contribution < 1.29 is 28.6 Å². The van der Waals surface area contributed by atoms with Crippen LogP contribution in [0.25, 0.3) is 11.1 Å². The number of aliphatic carboxylic acids is 1. The maximum absolute atomic E-state index is 15.9. The first-order chi connectivity index (χ1) is 19.0. The van der Waals surface area contributed by atoms with Gasteiger partial charge in [-0.25, -0.2) is 9.18 Å². The predicted molar refractivity (Wildman–Crippen MR) is 153 cm³/mol. The van der Waals surface area contributed by atoms with Crippen molar-refractivity contribution in [2.75, 3.05) is 11.9 Å². The lowest BCUT2D eigenvalue weighted by molar-refractivity contribution is -0.136. The van der Waals surface area contributed by atoms with Gasteiger partial charge in [0, 0.05) is 28.9 Å². The van der Waals surface area contributed by atoms with Crippen LogP contribution in [0.3, 0.4) is 0 Å². The molecular formula is C32H37FN2O5. The number of hydrogen-bond acceptors (Lipinski definition) is 5. The van der Waals surface area contributed by atoms with Crippen LogP contribution < -0.4 is 15.4 Å². The molecule has 1 aliphatic carbocycles. The van der Waals surface area contributed by atoms with Gasteiger partial charge in [-0.05, 0) is 81.8 Å². The standard InChI is InChI=1S/C32H37FN2O5/c1-20(35-31(38)40-32(2,3)4)26-9-7-10-27(30(26)33)24-14-22(15-25(16-24)34-18-21-12-13-21)19-39-28-11-6-5-8-23(28)17-29(36)37/h5-11,14-16,20-21,34H,12-13,17-19H2,1-4H3,(H,35,38)(H,36,37). The Balaban J connectivity index is 1.60.